The standard InChI is InChI=1S/C18H20N2O2/c1-15-5-3-7-17(13-15)22-12-11-20(2)18(21)9-8-16-6-4-10-19-14-16/h3-10,13-14H,11-12H2,1-2H3/b9-8+. The van der Waals surface area contributed by atoms with Crippen molar-refractivity contribution in [2.75, 3.05) is 20.2 Å². The van der Waals surface area contributed by atoms with Crippen LogP contribution >= 0.6 is 0 Å². The van der Waals surface area contributed by atoms with Gasteiger partial charge in [0.05, 0.1) is 6.54 Å². The van der Waals surface area contributed by atoms with Gasteiger partial charge in [-0.2, -0.15) is 0 Å². The highest BCUT2D eigenvalue weighted by Gasteiger charge is 2.04. The van der Waals surface area contributed by atoms with E-state index in [4.69, 9.17) is 4.74 Å². The van der Waals surface area contributed by atoms with Crippen LogP contribution in [0.15, 0.2) is 54.9 Å². The second-order valence-electron chi connectivity index (χ2n) is 5.04. The van der Waals surface area contributed by atoms with Crippen molar-refractivity contribution in [1.82, 2.24) is 9.88 Å². The molecule has 2 aromatic rings. The van der Waals surface area contributed by atoms with Crippen LogP contribution in [0.2, 0.25) is 0 Å². The van der Waals surface area contributed by atoms with Crippen LogP contribution in [0.1, 0.15) is 11.1 Å². The van der Waals surface area contributed by atoms with Crippen molar-refractivity contribution in [1.29, 1.82) is 0 Å². The Morgan fingerprint density at radius 3 is 2.91 bits per heavy atom. The zero-order chi connectivity index (χ0) is 15.8. The topological polar surface area (TPSA) is 42.4 Å². The zero-order valence-electron chi connectivity index (χ0n) is 12.9. The Morgan fingerprint density at radius 1 is 1.32 bits per heavy atom. The number of nitrogens with zero attached hydrogens (tertiary/aromatic N) is 2. The summed E-state index contributed by atoms with van der Waals surface area (Å²) in [4.78, 5) is 17.6. The Kier molecular flexibility index (Phi) is 5.72. The number of hydrogen-bond acceptors (Lipinski definition) is 3. The Hall–Kier alpha value is -2.62. The maximum atomic E-state index is 12.0. The molecule has 4 nitrogen and oxygen atoms in total. The van der Waals surface area contributed by atoms with Crippen molar-refractivity contribution in [3.8, 4) is 5.75 Å². The lowest BCUT2D eigenvalue weighted by atomic mass is 10.2. The number of aromatic nitrogens is 1. The molecule has 2 rings (SSSR count). The van der Waals surface area contributed by atoms with E-state index in [-0.39, 0.29) is 5.91 Å². The summed E-state index contributed by atoms with van der Waals surface area (Å²) in [5, 5.41) is 0. The van der Waals surface area contributed by atoms with Gasteiger partial charge in [0.2, 0.25) is 5.91 Å². The lowest BCUT2D eigenvalue weighted by Gasteiger charge is -2.15. The van der Waals surface area contributed by atoms with E-state index in [9.17, 15) is 4.79 Å². The average molecular weight is 296 g/mol. The smallest absolute Gasteiger partial charge is 0.246 e. The molecule has 1 aromatic carbocycles. The molecule has 0 spiro atoms. The number of carbonyl (C=O) groups excluding carboxylic acids is 1. The predicted molar refractivity (Wildman–Crippen MR) is 87.6 cm³/mol. The van der Waals surface area contributed by atoms with Gasteiger partial charge in [-0.1, -0.05) is 18.2 Å². The van der Waals surface area contributed by atoms with E-state index in [0.29, 0.717) is 13.2 Å². The minimum Gasteiger partial charge on any atom is -0.492 e. The van der Waals surface area contributed by atoms with Gasteiger partial charge >= 0.3 is 0 Å². The highest BCUT2D eigenvalue weighted by Crippen LogP contribution is 2.12. The molecule has 0 saturated carbocycles. The quantitative estimate of drug-likeness (QED) is 0.770. The number of carbonyl (C=O) groups is 1. The zero-order valence-corrected chi connectivity index (χ0v) is 12.9. The van der Waals surface area contributed by atoms with Crippen LogP contribution in [0, 0.1) is 6.92 Å². The molecule has 22 heavy (non-hydrogen) atoms. The molecular weight excluding hydrogens is 276 g/mol. The van der Waals surface area contributed by atoms with Gasteiger partial charge in [0.1, 0.15) is 12.4 Å². The highest BCUT2D eigenvalue weighted by atomic mass is 16.5. The first kappa shape index (κ1) is 15.8. The van der Waals surface area contributed by atoms with E-state index < -0.39 is 0 Å². The van der Waals surface area contributed by atoms with E-state index in [1.165, 1.54) is 0 Å². The van der Waals surface area contributed by atoms with Gasteiger partial charge in [0.25, 0.3) is 0 Å². The first-order valence-electron chi connectivity index (χ1n) is 7.18. The second-order valence-corrected chi connectivity index (χ2v) is 5.04. The molecule has 4 heteroatoms. The van der Waals surface area contributed by atoms with Gasteiger partial charge in [-0.15, -0.1) is 0 Å². The summed E-state index contributed by atoms with van der Waals surface area (Å²) < 4.78 is 5.64. The van der Waals surface area contributed by atoms with Crippen LogP contribution in [0.25, 0.3) is 6.08 Å². The molecule has 0 aliphatic carbocycles. The fourth-order valence-corrected chi connectivity index (χ4v) is 1.89. The molecular formula is C18H20N2O2. The first-order valence-corrected chi connectivity index (χ1v) is 7.18. The molecule has 1 heterocycles. The Morgan fingerprint density at radius 2 is 2.18 bits per heavy atom. The van der Waals surface area contributed by atoms with Gasteiger partial charge in [-0.05, 0) is 42.3 Å². The Balaban J connectivity index is 1.78. The van der Waals surface area contributed by atoms with Crippen LogP contribution in [0.3, 0.4) is 0 Å². The molecule has 0 atom stereocenters. The van der Waals surface area contributed by atoms with Crippen molar-refractivity contribution in [3.63, 3.8) is 0 Å². The number of hydrogen-bond donors (Lipinski definition) is 0. The number of benzene rings is 1. The molecule has 0 N–H and O–H groups in total. The predicted octanol–water partition coefficient (Wildman–Crippen LogP) is 2.94. The summed E-state index contributed by atoms with van der Waals surface area (Å²) in [6, 6.07) is 11.6. The molecule has 0 saturated heterocycles. The van der Waals surface area contributed by atoms with E-state index >= 15 is 0 Å². The van der Waals surface area contributed by atoms with Gasteiger partial charge in [-0.3, -0.25) is 9.78 Å². The largest absolute Gasteiger partial charge is 0.492 e. The molecule has 1 aromatic heterocycles. The molecule has 0 aliphatic heterocycles. The summed E-state index contributed by atoms with van der Waals surface area (Å²) in [7, 11) is 1.76. The minimum absolute atomic E-state index is 0.0586. The lowest BCUT2D eigenvalue weighted by molar-refractivity contribution is -0.125. The third-order valence-corrected chi connectivity index (χ3v) is 3.16. The highest BCUT2D eigenvalue weighted by molar-refractivity contribution is 5.91. The Labute approximate surface area is 131 Å². The number of rotatable bonds is 6. The lowest BCUT2D eigenvalue weighted by Crippen LogP contribution is -2.29. The monoisotopic (exact) mass is 296 g/mol. The number of ether oxygens (including phenoxy) is 1. The van der Waals surface area contributed by atoms with Crippen LogP contribution in [0.4, 0.5) is 0 Å². The maximum absolute atomic E-state index is 12.0. The fraction of sp³-hybridized carbons (Fsp3) is 0.222. The first-order chi connectivity index (χ1) is 10.6. The van der Waals surface area contributed by atoms with Crippen LogP contribution in [-0.2, 0) is 4.79 Å². The summed E-state index contributed by atoms with van der Waals surface area (Å²) in [5.74, 6) is 0.767. The van der Waals surface area contributed by atoms with E-state index in [2.05, 4.69) is 4.98 Å². The van der Waals surface area contributed by atoms with Crippen molar-refractivity contribution in [2.24, 2.45) is 0 Å². The van der Waals surface area contributed by atoms with Gasteiger partial charge in [0, 0.05) is 25.5 Å². The molecule has 1 amide bonds. The number of aryl methyl sites for hydroxylation is 1. The third-order valence-electron chi connectivity index (χ3n) is 3.16. The molecule has 114 valence electrons. The summed E-state index contributed by atoms with van der Waals surface area (Å²) >= 11 is 0. The number of likely N-dealkylation sites (N-methyl/N-ethyl adjacent to an activating group) is 1. The van der Waals surface area contributed by atoms with Crippen molar-refractivity contribution in [2.45, 2.75) is 6.92 Å². The van der Waals surface area contributed by atoms with Gasteiger partial charge in [0.15, 0.2) is 0 Å². The van der Waals surface area contributed by atoms with Gasteiger partial charge < -0.3 is 9.64 Å². The SMILES string of the molecule is Cc1cccc(OCCN(C)C(=O)/C=C/c2cccnc2)c1. The Bertz CT molecular complexity index is 639. The molecule has 0 radical (unpaired) electrons. The fourth-order valence-electron chi connectivity index (χ4n) is 1.89. The summed E-state index contributed by atoms with van der Waals surface area (Å²) in [6.07, 6.45) is 6.72. The molecule has 0 fully saturated rings. The summed E-state index contributed by atoms with van der Waals surface area (Å²) in [5.41, 5.74) is 2.06. The van der Waals surface area contributed by atoms with Gasteiger partial charge in [-0.25, -0.2) is 0 Å². The molecule has 0 bridgehead atoms. The van der Waals surface area contributed by atoms with Crippen LogP contribution < -0.4 is 4.74 Å². The van der Waals surface area contributed by atoms with Crippen LogP contribution in [0.5, 0.6) is 5.75 Å². The van der Waals surface area contributed by atoms with E-state index in [1.807, 2.05) is 43.3 Å². The maximum Gasteiger partial charge on any atom is 0.246 e. The molecule has 0 unspecified atom stereocenters. The van der Waals surface area contributed by atoms with Crippen molar-refractivity contribution < 1.29 is 9.53 Å². The second kappa shape index (κ2) is 7.98. The average Bonchev–Trinajstić information content (AvgIpc) is 2.53. The minimum atomic E-state index is -0.0586. The number of pyridine rings is 1. The normalized spacial score (nSPS) is 10.6. The van der Waals surface area contributed by atoms with Crippen molar-refractivity contribution in [3.05, 3.63) is 66.0 Å². The van der Waals surface area contributed by atoms with E-state index in [0.717, 1.165) is 16.9 Å². The van der Waals surface area contributed by atoms with Crippen molar-refractivity contribution >= 4 is 12.0 Å². The van der Waals surface area contributed by atoms with E-state index in [1.54, 1.807) is 36.5 Å². The number of amides is 1. The summed E-state index contributed by atoms with van der Waals surface area (Å²) in [6.45, 7) is 3.02. The third kappa shape index (κ3) is 5.05. The van der Waals surface area contributed by atoms with Crippen LogP contribution in [-0.4, -0.2) is 36.0 Å². The molecule has 0 aliphatic rings.